The molecule has 0 radical (unpaired) electrons. The van der Waals surface area contributed by atoms with E-state index in [1.807, 2.05) is 6.07 Å². The lowest BCUT2D eigenvalue weighted by Crippen LogP contribution is -2.52. The molecule has 2 aromatic carbocycles. The maximum atomic E-state index is 14.7. The zero-order valence-electron chi connectivity index (χ0n) is 24.8. The summed E-state index contributed by atoms with van der Waals surface area (Å²) < 4.78 is 45.2. The van der Waals surface area contributed by atoms with Crippen molar-refractivity contribution in [2.24, 2.45) is 0 Å². The van der Waals surface area contributed by atoms with Gasteiger partial charge in [-0.2, -0.15) is 0 Å². The van der Waals surface area contributed by atoms with Crippen LogP contribution in [0.5, 0.6) is 17.2 Å². The SMILES string of the molecule is COc1cc(N2CCC(N3CCN(C)CC3)CC2)ccc1Nc1ncc(CCc2c(F)c(OC)cc(OC)c2F)cn1. The third-order valence-electron chi connectivity index (χ3n) is 8.35. The molecule has 42 heavy (non-hydrogen) atoms. The monoisotopic (exact) mass is 582 g/mol. The van der Waals surface area contributed by atoms with Crippen molar-refractivity contribution in [3.8, 4) is 17.2 Å². The molecule has 2 aliphatic rings. The molecule has 11 heteroatoms. The normalized spacial score (nSPS) is 16.9. The zero-order valence-corrected chi connectivity index (χ0v) is 24.8. The lowest BCUT2D eigenvalue weighted by molar-refractivity contribution is 0.0982. The third kappa shape index (κ3) is 6.68. The van der Waals surface area contributed by atoms with Crippen LogP contribution in [0, 0.1) is 11.6 Å². The number of piperidine rings is 1. The Morgan fingerprint density at radius 3 is 2.02 bits per heavy atom. The first-order valence-electron chi connectivity index (χ1n) is 14.4. The number of aryl methyl sites for hydroxylation is 1. The Hall–Kier alpha value is -3.70. The van der Waals surface area contributed by atoms with Crippen LogP contribution in [0.1, 0.15) is 24.0 Å². The fraction of sp³-hybridized carbons (Fsp3) is 0.484. The molecule has 9 nitrogen and oxygen atoms in total. The second kappa shape index (κ2) is 13.5. The molecule has 1 N–H and O–H groups in total. The van der Waals surface area contributed by atoms with Crippen LogP contribution in [0.2, 0.25) is 0 Å². The molecule has 2 fully saturated rings. The second-order valence-corrected chi connectivity index (χ2v) is 10.9. The van der Waals surface area contributed by atoms with Crippen LogP contribution in [0.15, 0.2) is 36.7 Å². The van der Waals surface area contributed by atoms with Crippen molar-refractivity contribution >= 4 is 17.3 Å². The summed E-state index contributed by atoms with van der Waals surface area (Å²) >= 11 is 0. The average molecular weight is 583 g/mol. The van der Waals surface area contributed by atoms with Crippen LogP contribution in [-0.2, 0) is 12.8 Å². The number of anilines is 3. The lowest BCUT2D eigenvalue weighted by atomic mass is 10.0. The van der Waals surface area contributed by atoms with Crippen molar-refractivity contribution in [3.63, 3.8) is 0 Å². The first-order chi connectivity index (χ1) is 20.4. The van der Waals surface area contributed by atoms with Crippen molar-refractivity contribution < 1.29 is 23.0 Å². The predicted octanol–water partition coefficient (Wildman–Crippen LogP) is 4.53. The van der Waals surface area contributed by atoms with E-state index in [0.29, 0.717) is 24.2 Å². The van der Waals surface area contributed by atoms with Gasteiger partial charge < -0.3 is 29.3 Å². The topological polar surface area (TPSA) is 75.2 Å². The minimum Gasteiger partial charge on any atom is -0.494 e. The average Bonchev–Trinajstić information content (AvgIpc) is 3.02. The van der Waals surface area contributed by atoms with E-state index in [0.717, 1.165) is 69.0 Å². The summed E-state index contributed by atoms with van der Waals surface area (Å²) in [5, 5.41) is 3.23. The van der Waals surface area contributed by atoms with Gasteiger partial charge in [0.1, 0.15) is 5.75 Å². The van der Waals surface area contributed by atoms with Gasteiger partial charge in [-0.25, -0.2) is 18.7 Å². The van der Waals surface area contributed by atoms with Gasteiger partial charge in [0.15, 0.2) is 23.1 Å². The number of hydrogen-bond donors (Lipinski definition) is 1. The van der Waals surface area contributed by atoms with Gasteiger partial charge in [0.2, 0.25) is 5.95 Å². The number of nitrogens with zero attached hydrogens (tertiary/aromatic N) is 5. The number of likely N-dealkylation sites (N-methyl/N-ethyl adjacent to an activating group) is 1. The predicted molar refractivity (Wildman–Crippen MR) is 159 cm³/mol. The Bertz CT molecular complexity index is 1320. The standard InChI is InChI=1S/C31H40F2N6O3/c1-37-13-15-39(16-14-37)22-9-11-38(12-10-22)23-6-8-25(26(17-23)40-2)36-31-34-19-21(20-35-31)5-7-24-29(32)27(41-3)18-28(42-4)30(24)33/h6,8,17-20,22H,5,7,9-16H2,1-4H3,(H,34,35,36). The minimum atomic E-state index is -0.732. The number of aromatic nitrogens is 2. The Morgan fingerprint density at radius 2 is 1.43 bits per heavy atom. The quantitative estimate of drug-likeness (QED) is 0.371. The molecular formula is C31H40F2N6O3. The maximum Gasteiger partial charge on any atom is 0.227 e. The summed E-state index contributed by atoms with van der Waals surface area (Å²) in [6, 6.07) is 8.00. The van der Waals surface area contributed by atoms with Crippen molar-refractivity contribution in [3.05, 3.63) is 59.4 Å². The maximum absolute atomic E-state index is 14.7. The molecule has 0 amide bonds. The number of methoxy groups -OCH3 is 3. The van der Waals surface area contributed by atoms with Gasteiger partial charge in [-0.15, -0.1) is 0 Å². The Labute approximate surface area is 246 Å². The number of piperazine rings is 1. The van der Waals surface area contributed by atoms with Gasteiger partial charge in [-0.1, -0.05) is 0 Å². The van der Waals surface area contributed by atoms with Gasteiger partial charge >= 0.3 is 0 Å². The number of halogens is 2. The number of benzene rings is 2. The van der Waals surface area contributed by atoms with E-state index in [9.17, 15) is 8.78 Å². The Morgan fingerprint density at radius 1 is 0.810 bits per heavy atom. The molecule has 0 unspecified atom stereocenters. The van der Waals surface area contributed by atoms with Gasteiger partial charge in [0, 0.05) is 81.1 Å². The summed E-state index contributed by atoms with van der Waals surface area (Å²) in [6.07, 6.45) is 6.06. The Balaban J connectivity index is 1.18. The van der Waals surface area contributed by atoms with Crippen LogP contribution in [0.4, 0.5) is 26.1 Å². The summed E-state index contributed by atoms with van der Waals surface area (Å²) in [4.78, 5) is 16.3. The molecule has 1 aromatic heterocycles. The van der Waals surface area contributed by atoms with E-state index in [4.69, 9.17) is 14.2 Å². The van der Waals surface area contributed by atoms with E-state index in [1.165, 1.54) is 20.3 Å². The van der Waals surface area contributed by atoms with E-state index in [2.05, 4.69) is 49.2 Å². The molecule has 226 valence electrons. The van der Waals surface area contributed by atoms with Crippen molar-refractivity contribution in [2.75, 3.05) is 77.9 Å². The third-order valence-corrected chi connectivity index (χ3v) is 8.35. The van der Waals surface area contributed by atoms with Crippen molar-refractivity contribution in [2.45, 2.75) is 31.7 Å². The Kier molecular flexibility index (Phi) is 9.58. The van der Waals surface area contributed by atoms with Gasteiger partial charge in [-0.05, 0) is 50.4 Å². The number of nitrogens with one attached hydrogen (secondary N) is 1. The van der Waals surface area contributed by atoms with Crippen LogP contribution in [0.3, 0.4) is 0 Å². The molecule has 0 spiro atoms. The van der Waals surface area contributed by atoms with Gasteiger partial charge in [0.05, 0.1) is 27.0 Å². The van der Waals surface area contributed by atoms with E-state index in [1.54, 1.807) is 19.5 Å². The molecule has 2 saturated heterocycles. The van der Waals surface area contributed by atoms with Crippen LogP contribution in [0.25, 0.3) is 0 Å². The first-order valence-corrected chi connectivity index (χ1v) is 14.4. The molecule has 0 aliphatic carbocycles. The molecule has 0 atom stereocenters. The van der Waals surface area contributed by atoms with Crippen LogP contribution >= 0.6 is 0 Å². The van der Waals surface area contributed by atoms with Gasteiger partial charge in [-0.3, -0.25) is 4.90 Å². The number of ether oxygens (including phenoxy) is 3. The molecule has 0 bridgehead atoms. The molecule has 3 heterocycles. The van der Waals surface area contributed by atoms with Crippen LogP contribution in [-0.4, -0.2) is 93.5 Å². The van der Waals surface area contributed by atoms with Crippen LogP contribution < -0.4 is 24.4 Å². The fourth-order valence-corrected chi connectivity index (χ4v) is 5.75. The summed E-state index contributed by atoms with van der Waals surface area (Å²) in [5.74, 6) is -0.476. The smallest absolute Gasteiger partial charge is 0.227 e. The van der Waals surface area contributed by atoms with Gasteiger partial charge in [0.25, 0.3) is 0 Å². The van der Waals surface area contributed by atoms with Crippen molar-refractivity contribution in [1.29, 1.82) is 0 Å². The van der Waals surface area contributed by atoms with Crippen molar-refractivity contribution in [1.82, 2.24) is 19.8 Å². The minimum absolute atomic E-state index is 0.0610. The molecular weight excluding hydrogens is 542 g/mol. The van der Waals surface area contributed by atoms with E-state index >= 15 is 0 Å². The molecule has 3 aromatic rings. The van der Waals surface area contributed by atoms with E-state index < -0.39 is 11.6 Å². The largest absolute Gasteiger partial charge is 0.494 e. The highest BCUT2D eigenvalue weighted by atomic mass is 19.1. The number of rotatable bonds is 10. The highest BCUT2D eigenvalue weighted by molar-refractivity contribution is 5.68. The second-order valence-electron chi connectivity index (χ2n) is 10.9. The summed E-state index contributed by atoms with van der Waals surface area (Å²) in [5.41, 5.74) is 2.54. The lowest BCUT2D eigenvalue weighted by Gasteiger charge is -2.42. The summed E-state index contributed by atoms with van der Waals surface area (Å²) in [6.45, 7) is 6.66. The summed E-state index contributed by atoms with van der Waals surface area (Å²) in [7, 11) is 6.52. The zero-order chi connectivity index (χ0) is 29.6. The molecule has 5 rings (SSSR count). The molecule has 0 saturated carbocycles. The first kappa shape index (κ1) is 29.8. The van der Waals surface area contributed by atoms with E-state index in [-0.39, 0.29) is 23.5 Å². The highest BCUT2D eigenvalue weighted by Crippen LogP contribution is 2.34. The number of hydrogen-bond acceptors (Lipinski definition) is 9. The fourth-order valence-electron chi connectivity index (χ4n) is 5.75. The highest BCUT2D eigenvalue weighted by Gasteiger charge is 2.27. The molecule has 2 aliphatic heterocycles.